The molecule has 1 amide bonds. The van der Waals surface area contributed by atoms with E-state index in [0.29, 0.717) is 5.69 Å². The SMILES string of the molecule is CC(C)c1cccc(N(CC(=O)OC(C)(C)C)C(=O)c2c(F)cccc2F)c1. The second-order valence-electron chi connectivity index (χ2n) is 7.82. The molecule has 6 heteroatoms. The Kier molecular flexibility index (Phi) is 6.54. The molecule has 2 aromatic carbocycles. The molecule has 0 aliphatic carbocycles. The number of halogens is 2. The number of carbonyl (C=O) groups excluding carboxylic acids is 2. The number of carbonyl (C=O) groups is 2. The second kappa shape index (κ2) is 8.50. The van der Waals surface area contributed by atoms with Crippen molar-refractivity contribution in [2.45, 2.75) is 46.1 Å². The Hall–Kier alpha value is -2.76. The van der Waals surface area contributed by atoms with Crippen LogP contribution < -0.4 is 4.90 Å². The monoisotopic (exact) mass is 389 g/mol. The van der Waals surface area contributed by atoms with Gasteiger partial charge in [-0.05, 0) is 56.5 Å². The fraction of sp³-hybridized carbons (Fsp3) is 0.364. The Balaban J connectivity index is 2.48. The Bertz CT molecular complexity index is 852. The first kappa shape index (κ1) is 21.5. The van der Waals surface area contributed by atoms with Crippen molar-refractivity contribution in [1.82, 2.24) is 0 Å². The maximum absolute atomic E-state index is 14.2. The lowest BCUT2D eigenvalue weighted by Gasteiger charge is -2.26. The van der Waals surface area contributed by atoms with Crippen molar-refractivity contribution in [3.63, 3.8) is 0 Å². The summed E-state index contributed by atoms with van der Waals surface area (Å²) < 4.78 is 33.7. The van der Waals surface area contributed by atoms with Crippen LogP contribution in [0.15, 0.2) is 42.5 Å². The largest absolute Gasteiger partial charge is 0.459 e. The van der Waals surface area contributed by atoms with Gasteiger partial charge in [-0.3, -0.25) is 14.5 Å². The molecule has 4 nitrogen and oxygen atoms in total. The van der Waals surface area contributed by atoms with Gasteiger partial charge in [-0.1, -0.05) is 32.0 Å². The van der Waals surface area contributed by atoms with Gasteiger partial charge in [0, 0.05) is 5.69 Å². The molecule has 0 atom stereocenters. The predicted molar refractivity (Wildman–Crippen MR) is 104 cm³/mol. The highest BCUT2D eigenvalue weighted by molar-refractivity contribution is 6.08. The van der Waals surface area contributed by atoms with Crippen LogP contribution in [0.3, 0.4) is 0 Å². The number of anilines is 1. The lowest BCUT2D eigenvalue weighted by atomic mass is 10.0. The summed E-state index contributed by atoms with van der Waals surface area (Å²) in [5.74, 6) is -3.42. The molecular formula is C22H25F2NO3. The Labute approximate surface area is 164 Å². The van der Waals surface area contributed by atoms with Gasteiger partial charge in [-0.25, -0.2) is 8.78 Å². The van der Waals surface area contributed by atoms with Crippen molar-refractivity contribution in [2.75, 3.05) is 11.4 Å². The number of ether oxygens (including phenoxy) is 1. The zero-order chi connectivity index (χ0) is 21.1. The van der Waals surface area contributed by atoms with E-state index < -0.39 is 41.2 Å². The van der Waals surface area contributed by atoms with Crippen molar-refractivity contribution in [1.29, 1.82) is 0 Å². The van der Waals surface area contributed by atoms with Crippen molar-refractivity contribution in [2.24, 2.45) is 0 Å². The lowest BCUT2D eigenvalue weighted by molar-refractivity contribution is -0.152. The summed E-state index contributed by atoms with van der Waals surface area (Å²) in [6.45, 7) is 8.60. The van der Waals surface area contributed by atoms with Crippen LogP contribution in [0.4, 0.5) is 14.5 Å². The summed E-state index contributed by atoms with van der Waals surface area (Å²) in [6.07, 6.45) is 0. The molecule has 0 aromatic heterocycles. The van der Waals surface area contributed by atoms with Crippen LogP contribution in [-0.4, -0.2) is 24.0 Å². The van der Waals surface area contributed by atoms with Gasteiger partial charge in [0.25, 0.3) is 5.91 Å². The topological polar surface area (TPSA) is 46.6 Å². The number of nitrogens with zero attached hydrogens (tertiary/aromatic N) is 1. The standard InChI is InChI=1S/C22H25F2NO3/c1-14(2)15-8-6-9-16(12-15)25(13-19(26)28-22(3,4)5)21(27)20-17(23)10-7-11-18(20)24/h6-12,14H,13H2,1-5H3. The molecule has 0 saturated heterocycles. The fourth-order valence-corrected chi connectivity index (χ4v) is 2.67. The van der Waals surface area contributed by atoms with Crippen molar-refractivity contribution < 1.29 is 23.1 Å². The third-order valence-corrected chi connectivity index (χ3v) is 3.98. The molecule has 0 heterocycles. The number of benzene rings is 2. The van der Waals surface area contributed by atoms with Crippen LogP contribution in [0.25, 0.3) is 0 Å². The first-order valence-electron chi connectivity index (χ1n) is 9.07. The minimum Gasteiger partial charge on any atom is -0.459 e. The van der Waals surface area contributed by atoms with E-state index >= 15 is 0 Å². The average molecular weight is 389 g/mol. The number of rotatable bonds is 5. The second-order valence-corrected chi connectivity index (χ2v) is 7.82. The highest BCUT2D eigenvalue weighted by Crippen LogP contribution is 2.25. The molecule has 0 saturated carbocycles. The molecule has 0 fully saturated rings. The Morgan fingerprint density at radius 3 is 2.14 bits per heavy atom. The quantitative estimate of drug-likeness (QED) is 0.670. The van der Waals surface area contributed by atoms with E-state index in [1.807, 2.05) is 19.9 Å². The minimum atomic E-state index is -0.987. The van der Waals surface area contributed by atoms with Gasteiger partial charge in [0.15, 0.2) is 0 Å². The summed E-state index contributed by atoms with van der Waals surface area (Å²) >= 11 is 0. The van der Waals surface area contributed by atoms with E-state index in [4.69, 9.17) is 4.74 Å². The smallest absolute Gasteiger partial charge is 0.326 e. The van der Waals surface area contributed by atoms with Crippen molar-refractivity contribution in [3.8, 4) is 0 Å². The molecule has 0 bridgehead atoms. The Morgan fingerprint density at radius 1 is 1.04 bits per heavy atom. The zero-order valence-electron chi connectivity index (χ0n) is 16.8. The summed E-state index contributed by atoms with van der Waals surface area (Å²) in [4.78, 5) is 26.4. The summed E-state index contributed by atoms with van der Waals surface area (Å²) in [5, 5.41) is 0. The third-order valence-electron chi connectivity index (χ3n) is 3.98. The highest BCUT2D eigenvalue weighted by Gasteiger charge is 2.28. The van der Waals surface area contributed by atoms with E-state index in [1.165, 1.54) is 6.07 Å². The summed E-state index contributed by atoms with van der Waals surface area (Å²) in [7, 11) is 0. The number of esters is 1. The molecule has 2 aromatic rings. The molecule has 150 valence electrons. The van der Waals surface area contributed by atoms with E-state index in [9.17, 15) is 18.4 Å². The zero-order valence-corrected chi connectivity index (χ0v) is 16.8. The van der Waals surface area contributed by atoms with Crippen molar-refractivity contribution in [3.05, 3.63) is 65.2 Å². The van der Waals surface area contributed by atoms with E-state index in [0.717, 1.165) is 22.6 Å². The van der Waals surface area contributed by atoms with Crippen LogP contribution in [0.1, 0.15) is 56.5 Å². The molecule has 0 aliphatic heterocycles. The summed E-state index contributed by atoms with van der Waals surface area (Å²) in [6, 6.07) is 10.2. The van der Waals surface area contributed by atoms with Crippen LogP contribution >= 0.6 is 0 Å². The van der Waals surface area contributed by atoms with Crippen molar-refractivity contribution >= 4 is 17.6 Å². The molecular weight excluding hydrogens is 364 g/mol. The minimum absolute atomic E-state index is 0.170. The third kappa shape index (κ3) is 5.38. The van der Waals surface area contributed by atoms with Gasteiger partial charge in [0.1, 0.15) is 29.3 Å². The molecule has 2 rings (SSSR count). The number of hydrogen-bond donors (Lipinski definition) is 0. The van der Waals surface area contributed by atoms with Crippen LogP contribution in [0, 0.1) is 11.6 Å². The Morgan fingerprint density at radius 2 is 1.61 bits per heavy atom. The van der Waals surface area contributed by atoms with Gasteiger partial charge in [-0.15, -0.1) is 0 Å². The first-order valence-corrected chi connectivity index (χ1v) is 9.07. The van der Waals surface area contributed by atoms with Gasteiger partial charge < -0.3 is 4.74 Å². The predicted octanol–water partition coefficient (Wildman–Crippen LogP) is 5.08. The molecule has 28 heavy (non-hydrogen) atoms. The first-order chi connectivity index (χ1) is 13.0. The molecule has 0 unspecified atom stereocenters. The normalized spacial score (nSPS) is 11.4. The molecule has 0 N–H and O–H groups in total. The van der Waals surface area contributed by atoms with E-state index in [1.54, 1.807) is 39.0 Å². The van der Waals surface area contributed by atoms with Gasteiger partial charge >= 0.3 is 5.97 Å². The van der Waals surface area contributed by atoms with Crippen LogP contribution in [0.5, 0.6) is 0 Å². The fourth-order valence-electron chi connectivity index (χ4n) is 2.67. The highest BCUT2D eigenvalue weighted by atomic mass is 19.1. The van der Waals surface area contributed by atoms with E-state index in [2.05, 4.69) is 0 Å². The molecule has 0 radical (unpaired) electrons. The van der Waals surface area contributed by atoms with Crippen LogP contribution in [0.2, 0.25) is 0 Å². The maximum atomic E-state index is 14.2. The van der Waals surface area contributed by atoms with Gasteiger partial charge in [0.05, 0.1) is 0 Å². The lowest BCUT2D eigenvalue weighted by Crippen LogP contribution is -2.39. The average Bonchev–Trinajstić information content (AvgIpc) is 2.58. The van der Waals surface area contributed by atoms with Gasteiger partial charge in [0.2, 0.25) is 0 Å². The number of amides is 1. The van der Waals surface area contributed by atoms with Gasteiger partial charge in [-0.2, -0.15) is 0 Å². The molecule has 0 spiro atoms. The number of hydrogen-bond acceptors (Lipinski definition) is 3. The maximum Gasteiger partial charge on any atom is 0.326 e. The van der Waals surface area contributed by atoms with Crippen LogP contribution in [-0.2, 0) is 9.53 Å². The molecule has 0 aliphatic rings. The van der Waals surface area contributed by atoms with E-state index in [-0.39, 0.29) is 5.92 Å². The summed E-state index contributed by atoms with van der Waals surface area (Å²) in [5.41, 5.74) is -0.173.